The van der Waals surface area contributed by atoms with Gasteiger partial charge < -0.3 is 15.5 Å². The van der Waals surface area contributed by atoms with E-state index in [1.807, 2.05) is 24.5 Å². The molecule has 0 saturated carbocycles. The highest BCUT2D eigenvalue weighted by molar-refractivity contribution is 5.80. The van der Waals surface area contributed by atoms with Crippen LogP contribution >= 0.6 is 0 Å². The van der Waals surface area contributed by atoms with Crippen LogP contribution in [0.2, 0.25) is 0 Å². The minimum Gasteiger partial charge on any atom is -0.464 e. The van der Waals surface area contributed by atoms with Crippen LogP contribution < -0.4 is 11.1 Å². The summed E-state index contributed by atoms with van der Waals surface area (Å²) in [5.41, 5.74) is 7.81. The molecule has 0 aliphatic heterocycles. The molecule has 0 fully saturated rings. The van der Waals surface area contributed by atoms with Crippen molar-refractivity contribution in [3.05, 3.63) is 36.1 Å². The summed E-state index contributed by atoms with van der Waals surface area (Å²) in [5.74, 6) is 0.538. The first-order valence-corrected chi connectivity index (χ1v) is 6.17. The van der Waals surface area contributed by atoms with E-state index in [0.29, 0.717) is 5.92 Å². The van der Waals surface area contributed by atoms with Crippen LogP contribution in [-0.4, -0.2) is 19.6 Å². The number of furan rings is 1. The molecule has 1 aromatic heterocycles. The number of benzene rings is 1. The predicted molar refractivity (Wildman–Crippen MR) is 71.0 cm³/mol. The van der Waals surface area contributed by atoms with Crippen molar-refractivity contribution in [1.82, 2.24) is 5.32 Å². The Kier molecular flexibility index (Phi) is 4.18. The molecule has 0 aliphatic carbocycles. The summed E-state index contributed by atoms with van der Waals surface area (Å²) in [6.45, 7) is 4.84. The second kappa shape index (κ2) is 5.84. The van der Waals surface area contributed by atoms with Crippen LogP contribution in [0.1, 0.15) is 12.5 Å². The number of fused-ring (bicyclic) bond motifs is 1. The van der Waals surface area contributed by atoms with Gasteiger partial charge in [0.2, 0.25) is 0 Å². The van der Waals surface area contributed by atoms with E-state index < -0.39 is 0 Å². The molecule has 1 atom stereocenters. The Morgan fingerprint density at radius 3 is 3.00 bits per heavy atom. The monoisotopic (exact) mass is 232 g/mol. The summed E-state index contributed by atoms with van der Waals surface area (Å²) in [5, 5.41) is 4.64. The van der Waals surface area contributed by atoms with Gasteiger partial charge >= 0.3 is 0 Å². The highest BCUT2D eigenvalue weighted by atomic mass is 16.3. The van der Waals surface area contributed by atoms with Crippen LogP contribution in [0.15, 0.2) is 34.9 Å². The molecule has 0 amide bonds. The van der Waals surface area contributed by atoms with E-state index in [9.17, 15) is 0 Å². The van der Waals surface area contributed by atoms with Gasteiger partial charge in [-0.15, -0.1) is 0 Å². The van der Waals surface area contributed by atoms with Crippen molar-refractivity contribution in [2.75, 3.05) is 19.6 Å². The molecule has 3 heteroatoms. The van der Waals surface area contributed by atoms with Crippen molar-refractivity contribution in [3.8, 4) is 0 Å². The van der Waals surface area contributed by atoms with Crippen molar-refractivity contribution in [2.24, 2.45) is 11.7 Å². The summed E-state index contributed by atoms with van der Waals surface area (Å²) in [7, 11) is 0. The Bertz CT molecular complexity index is 464. The summed E-state index contributed by atoms with van der Waals surface area (Å²) < 4.78 is 5.50. The van der Waals surface area contributed by atoms with Gasteiger partial charge in [0.25, 0.3) is 0 Å². The van der Waals surface area contributed by atoms with E-state index in [4.69, 9.17) is 10.2 Å². The molecule has 1 heterocycles. The first-order chi connectivity index (χ1) is 8.31. The molecule has 17 heavy (non-hydrogen) atoms. The van der Waals surface area contributed by atoms with Crippen LogP contribution in [0, 0.1) is 5.92 Å². The molecule has 0 bridgehead atoms. The first kappa shape index (κ1) is 12.1. The highest BCUT2D eigenvalue weighted by Gasteiger charge is 2.04. The molecule has 2 rings (SSSR count). The quantitative estimate of drug-likeness (QED) is 0.750. The summed E-state index contributed by atoms with van der Waals surface area (Å²) in [6, 6.07) is 8.15. The average molecular weight is 232 g/mol. The zero-order valence-electron chi connectivity index (χ0n) is 10.3. The second-order valence-electron chi connectivity index (χ2n) is 4.55. The van der Waals surface area contributed by atoms with E-state index in [1.54, 1.807) is 0 Å². The van der Waals surface area contributed by atoms with E-state index in [0.717, 1.165) is 31.6 Å². The van der Waals surface area contributed by atoms with Crippen LogP contribution in [0.5, 0.6) is 0 Å². The van der Waals surface area contributed by atoms with Gasteiger partial charge in [0.15, 0.2) is 0 Å². The zero-order chi connectivity index (χ0) is 12.1. The molecule has 92 valence electrons. The Morgan fingerprint density at radius 1 is 1.35 bits per heavy atom. The fourth-order valence-corrected chi connectivity index (χ4v) is 1.88. The Hall–Kier alpha value is -1.32. The molecular formula is C14H20N2O. The van der Waals surface area contributed by atoms with E-state index in [-0.39, 0.29) is 0 Å². The molecule has 1 unspecified atom stereocenters. The molecule has 1 aromatic carbocycles. The van der Waals surface area contributed by atoms with Crippen molar-refractivity contribution >= 4 is 11.0 Å². The minimum atomic E-state index is 0.538. The van der Waals surface area contributed by atoms with Gasteiger partial charge in [-0.1, -0.05) is 25.1 Å². The van der Waals surface area contributed by atoms with Gasteiger partial charge in [-0.3, -0.25) is 0 Å². The van der Waals surface area contributed by atoms with Gasteiger partial charge in [0.1, 0.15) is 5.58 Å². The maximum Gasteiger partial charge on any atom is 0.134 e. The number of nitrogens with two attached hydrogens (primary N) is 1. The summed E-state index contributed by atoms with van der Waals surface area (Å²) in [4.78, 5) is 0. The number of hydrogen-bond acceptors (Lipinski definition) is 3. The predicted octanol–water partition coefficient (Wildman–Crippen LogP) is 2.16. The molecule has 3 N–H and O–H groups in total. The van der Waals surface area contributed by atoms with Gasteiger partial charge in [0, 0.05) is 5.39 Å². The number of rotatable bonds is 6. The third kappa shape index (κ3) is 3.08. The SMILES string of the molecule is CC(CN)CNCCc1coc2ccccc12. The lowest BCUT2D eigenvalue weighted by Crippen LogP contribution is -2.27. The molecule has 0 spiro atoms. The first-order valence-electron chi connectivity index (χ1n) is 6.17. The lowest BCUT2D eigenvalue weighted by atomic mass is 10.1. The van der Waals surface area contributed by atoms with Crippen LogP contribution in [0.3, 0.4) is 0 Å². The van der Waals surface area contributed by atoms with Crippen molar-refractivity contribution in [3.63, 3.8) is 0 Å². The lowest BCUT2D eigenvalue weighted by molar-refractivity contribution is 0.523. The Labute approximate surface area is 102 Å². The van der Waals surface area contributed by atoms with E-state index in [1.165, 1.54) is 10.9 Å². The Morgan fingerprint density at radius 2 is 2.18 bits per heavy atom. The van der Waals surface area contributed by atoms with Crippen LogP contribution in [0.4, 0.5) is 0 Å². The molecule has 3 nitrogen and oxygen atoms in total. The third-order valence-electron chi connectivity index (χ3n) is 3.03. The standard InChI is InChI=1S/C14H20N2O/c1-11(8-15)9-16-7-6-12-10-17-14-5-3-2-4-13(12)14/h2-5,10-11,16H,6-9,15H2,1H3. The van der Waals surface area contributed by atoms with Gasteiger partial charge in [-0.2, -0.15) is 0 Å². The van der Waals surface area contributed by atoms with E-state index in [2.05, 4.69) is 18.3 Å². The van der Waals surface area contributed by atoms with Gasteiger partial charge in [-0.05, 0) is 43.6 Å². The average Bonchev–Trinajstić information content (AvgIpc) is 2.78. The smallest absolute Gasteiger partial charge is 0.134 e. The summed E-state index contributed by atoms with van der Waals surface area (Å²) in [6.07, 6.45) is 2.85. The van der Waals surface area contributed by atoms with Crippen LogP contribution in [-0.2, 0) is 6.42 Å². The molecular weight excluding hydrogens is 212 g/mol. The minimum absolute atomic E-state index is 0.538. The Balaban J connectivity index is 1.87. The zero-order valence-corrected chi connectivity index (χ0v) is 10.3. The van der Waals surface area contributed by atoms with Gasteiger partial charge in [0.05, 0.1) is 6.26 Å². The summed E-state index contributed by atoms with van der Waals surface area (Å²) >= 11 is 0. The maximum absolute atomic E-state index is 5.57. The number of hydrogen-bond donors (Lipinski definition) is 2. The van der Waals surface area contributed by atoms with Crippen LogP contribution in [0.25, 0.3) is 11.0 Å². The third-order valence-corrected chi connectivity index (χ3v) is 3.03. The maximum atomic E-state index is 5.57. The molecule has 0 aliphatic rings. The highest BCUT2D eigenvalue weighted by Crippen LogP contribution is 2.20. The van der Waals surface area contributed by atoms with Gasteiger partial charge in [-0.25, -0.2) is 0 Å². The topological polar surface area (TPSA) is 51.2 Å². The largest absolute Gasteiger partial charge is 0.464 e. The van der Waals surface area contributed by atoms with Crippen molar-refractivity contribution < 1.29 is 4.42 Å². The molecule has 2 aromatic rings. The second-order valence-corrected chi connectivity index (χ2v) is 4.55. The number of nitrogens with one attached hydrogen (secondary N) is 1. The normalized spacial score (nSPS) is 13.1. The fraction of sp³-hybridized carbons (Fsp3) is 0.429. The van der Waals surface area contributed by atoms with Crippen molar-refractivity contribution in [2.45, 2.75) is 13.3 Å². The number of para-hydroxylation sites is 1. The lowest BCUT2D eigenvalue weighted by Gasteiger charge is -2.09. The molecule has 0 radical (unpaired) electrons. The van der Waals surface area contributed by atoms with E-state index >= 15 is 0 Å². The van der Waals surface area contributed by atoms with Crippen molar-refractivity contribution in [1.29, 1.82) is 0 Å². The molecule has 0 saturated heterocycles. The fourth-order valence-electron chi connectivity index (χ4n) is 1.88.